The van der Waals surface area contributed by atoms with Crippen molar-refractivity contribution in [1.29, 1.82) is 0 Å². The van der Waals surface area contributed by atoms with Crippen molar-refractivity contribution < 1.29 is 4.74 Å². The summed E-state index contributed by atoms with van der Waals surface area (Å²) in [5, 5.41) is 0.833. The van der Waals surface area contributed by atoms with Crippen LogP contribution in [0.3, 0.4) is 0 Å². The minimum Gasteiger partial charge on any atom is -0.497 e. The average molecular weight is 287 g/mol. The highest BCUT2D eigenvalue weighted by atomic mass is 35.5. The van der Waals surface area contributed by atoms with Crippen molar-refractivity contribution in [3.8, 4) is 5.75 Å². The number of ether oxygens (including phenoxy) is 1. The quantitative estimate of drug-likeness (QED) is 0.811. The molecular weight excluding hydrogens is 272 g/mol. The number of rotatable bonds is 3. The van der Waals surface area contributed by atoms with Crippen LogP contribution in [0.4, 0.5) is 0 Å². The molecule has 1 aromatic rings. The molecule has 1 fully saturated rings. The number of hydrogen-bond acceptors (Lipinski definition) is 3. The third-order valence-corrected chi connectivity index (χ3v) is 5.64. The molecule has 1 nitrogen and oxygen atoms in total. The first kappa shape index (κ1) is 13.2. The first-order valence-corrected chi connectivity index (χ1v) is 8.02. The van der Waals surface area contributed by atoms with Gasteiger partial charge in [-0.05, 0) is 53.8 Å². The van der Waals surface area contributed by atoms with Gasteiger partial charge in [0.25, 0.3) is 0 Å². The summed E-state index contributed by atoms with van der Waals surface area (Å²) in [6.45, 7) is 0. The van der Waals surface area contributed by atoms with Gasteiger partial charge in [-0.3, -0.25) is 0 Å². The van der Waals surface area contributed by atoms with Gasteiger partial charge in [0.05, 0.1) is 11.7 Å². The molecule has 0 unspecified atom stereocenters. The average Bonchev–Trinajstić information content (AvgIpc) is 2.40. The van der Waals surface area contributed by atoms with E-state index in [1.54, 1.807) is 7.11 Å². The lowest BCUT2D eigenvalue weighted by atomic mass is 10.2. The van der Waals surface area contributed by atoms with Gasteiger partial charge >= 0.3 is 0 Å². The van der Waals surface area contributed by atoms with Crippen LogP contribution in [0.5, 0.6) is 5.75 Å². The van der Waals surface area contributed by atoms with Crippen molar-refractivity contribution in [3.05, 3.63) is 35.9 Å². The summed E-state index contributed by atoms with van der Waals surface area (Å²) in [6, 6.07) is 7.87. The van der Waals surface area contributed by atoms with Gasteiger partial charge in [-0.2, -0.15) is 0 Å². The zero-order valence-corrected chi connectivity index (χ0v) is 12.1. The topological polar surface area (TPSA) is 9.23 Å². The maximum absolute atomic E-state index is 6.33. The molecule has 1 aromatic carbocycles. The molecule has 1 aliphatic heterocycles. The molecule has 0 radical (unpaired) electrons. The Morgan fingerprint density at radius 2 is 1.94 bits per heavy atom. The van der Waals surface area contributed by atoms with Gasteiger partial charge in [0.15, 0.2) is 0 Å². The van der Waals surface area contributed by atoms with Crippen LogP contribution in [-0.2, 0) is 0 Å². The van der Waals surface area contributed by atoms with Gasteiger partial charge in [-0.25, -0.2) is 0 Å². The van der Waals surface area contributed by atoms with Gasteiger partial charge in [-0.15, -0.1) is 23.5 Å². The zero-order valence-electron chi connectivity index (χ0n) is 9.69. The van der Waals surface area contributed by atoms with Crippen LogP contribution < -0.4 is 4.74 Å². The van der Waals surface area contributed by atoms with Crippen molar-refractivity contribution in [2.45, 2.75) is 11.0 Å². The lowest BCUT2D eigenvalue weighted by Gasteiger charge is -2.17. The van der Waals surface area contributed by atoms with Crippen LogP contribution >= 0.6 is 35.1 Å². The fraction of sp³-hybridized carbons (Fsp3) is 0.385. The molecule has 0 saturated carbocycles. The number of halogens is 1. The van der Waals surface area contributed by atoms with Crippen molar-refractivity contribution >= 4 is 40.2 Å². The second-order valence-corrected chi connectivity index (χ2v) is 6.91. The molecular formula is C13H15ClOS2. The summed E-state index contributed by atoms with van der Waals surface area (Å²) in [5.41, 5.74) is 1.05. The fourth-order valence-corrected chi connectivity index (χ4v) is 4.67. The SMILES string of the molecule is COc1ccc(C(Cl)=CC2SCCCS2)cc1. The Bertz CT molecular complexity index is 383. The number of hydrogen-bond donors (Lipinski definition) is 0. The minimum absolute atomic E-state index is 0.498. The summed E-state index contributed by atoms with van der Waals surface area (Å²) in [5.74, 6) is 3.33. The Kier molecular flexibility index (Phi) is 5.14. The normalized spacial score (nSPS) is 18.1. The van der Waals surface area contributed by atoms with Crippen molar-refractivity contribution in [1.82, 2.24) is 0 Å². The van der Waals surface area contributed by atoms with Crippen LogP contribution in [0.15, 0.2) is 30.3 Å². The van der Waals surface area contributed by atoms with E-state index < -0.39 is 0 Å². The van der Waals surface area contributed by atoms with Gasteiger partial charge in [0.2, 0.25) is 0 Å². The molecule has 1 aliphatic rings. The molecule has 0 N–H and O–H groups in total. The summed E-state index contributed by atoms with van der Waals surface area (Å²) in [4.78, 5) is 0. The van der Waals surface area contributed by atoms with E-state index in [2.05, 4.69) is 6.08 Å². The van der Waals surface area contributed by atoms with Crippen LogP contribution in [0.1, 0.15) is 12.0 Å². The molecule has 2 rings (SSSR count). The van der Waals surface area contributed by atoms with E-state index in [1.165, 1.54) is 17.9 Å². The third kappa shape index (κ3) is 3.87. The molecule has 0 amide bonds. The number of methoxy groups -OCH3 is 1. The number of benzene rings is 1. The largest absolute Gasteiger partial charge is 0.497 e. The summed E-state index contributed by atoms with van der Waals surface area (Å²) < 4.78 is 5.63. The summed E-state index contributed by atoms with van der Waals surface area (Å²) >= 11 is 10.3. The van der Waals surface area contributed by atoms with Crippen LogP contribution in [0.2, 0.25) is 0 Å². The molecule has 0 bridgehead atoms. The highest BCUT2D eigenvalue weighted by Gasteiger charge is 2.12. The predicted molar refractivity (Wildman–Crippen MR) is 80.1 cm³/mol. The molecule has 1 heterocycles. The Balaban J connectivity index is 2.06. The van der Waals surface area contributed by atoms with Crippen LogP contribution in [-0.4, -0.2) is 23.2 Å². The predicted octanol–water partition coefficient (Wildman–Crippen LogP) is 4.47. The van der Waals surface area contributed by atoms with Crippen molar-refractivity contribution in [2.75, 3.05) is 18.6 Å². The molecule has 0 atom stereocenters. The Morgan fingerprint density at radius 1 is 1.29 bits per heavy atom. The van der Waals surface area contributed by atoms with E-state index in [4.69, 9.17) is 16.3 Å². The van der Waals surface area contributed by atoms with Crippen molar-refractivity contribution in [3.63, 3.8) is 0 Å². The van der Waals surface area contributed by atoms with E-state index in [9.17, 15) is 0 Å². The van der Waals surface area contributed by atoms with E-state index in [0.717, 1.165) is 16.3 Å². The lowest BCUT2D eigenvalue weighted by molar-refractivity contribution is 0.415. The van der Waals surface area contributed by atoms with Gasteiger partial charge in [-0.1, -0.05) is 11.6 Å². The smallest absolute Gasteiger partial charge is 0.118 e. The molecule has 1 saturated heterocycles. The maximum atomic E-state index is 6.33. The highest BCUT2D eigenvalue weighted by molar-refractivity contribution is 8.17. The van der Waals surface area contributed by atoms with Crippen molar-refractivity contribution in [2.24, 2.45) is 0 Å². The first-order chi connectivity index (χ1) is 8.29. The second-order valence-electron chi connectivity index (χ2n) is 3.71. The van der Waals surface area contributed by atoms with Crippen LogP contribution in [0.25, 0.3) is 5.03 Å². The fourth-order valence-electron chi connectivity index (χ4n) is 1.57. The molecule has 17 heavy (non-hydrogen) atoms. The first-order valence-electron chi connectivity index (χ1n) is 5.54. The molecule has 0 spiro atoms. The van der Waals surface area contributed by atoms with Gasteiger partial charge < -0.3 is 4.74 Å². The Hall–Kier alpha value is -0.250. The minimum atomic E-state index is 0.498. The van der Waals surface area contributed by atoms with E-state index in [-0.39, 0.29) is 0 Å². The molecule has 0 aliphatic carbocycles. The summed E-state index contributed by atoms with van der Waals surface area (Å²) in [6.07, 6.45) is 3.46. The number of thioether (sulfide) groups is 2. The van der Waals surface area contributed by atoms with Gasteiger partial charge in [0, 0.05) is 5.03 Å². The summed E-state index contributed by atoms with van der Waals surface area (Å²) in [7, 11) is 1.67. The van der Waals surface area contributed by atoms with Gasteiger partial charge in [0.1, 0.15) is 5.75 Å². The second kappa shape index (κ2) is 6.62. The third-order valence-electron chi connectivity index (χ3n) is 2.50. The molecule has 4 heteroatoms. The van der Waals surface area contributed by atoms with E-state index in [1.807, 2.05) is 47.8 Å². The molecule has 0 aromatic heterocycles. The zero-order chi connectivity index (χ0) is 12.1. The monoisotopic (exact) mass is 286 g/mol. The standard InChI is InChI=1S/C13H15ClOS2/c1-15-11-5-3-10(4-6-11)12(14)9-13-16-7-2-8-17-13/h3-6,9,13H,2,7-8H2,1H3. The maximum Gasteiger partial charge on any atom is 0.118 e. The lowest BCUT2D eigenvalue weighted by Crippen LogP contribution is -2.03. The van der Waals surface area contributed by atoms with E-state index >= 15 is 0 Å². The van der Waals surface area contributed by atoms with E-state index in [0.29, 0.717) is 4.58 Å². The highest BCUT2D eigenvalue weighted by Crippen LogP contribution is 2.34. The van der Waals surface area contributed by atoms with Crippen LogP contribution in [0, 0.1) is 0 Å². The molecule has 92 valence electrons. The Morgan fingerprint density at radius 3 is 2.53 bits per heavy atom. The Labute approximate surface area is 116 Å².